The zero-order chi connectivity index (χ0) is 13.7. The molecule has 1 aliphatic rings. The molecule has 6 nitrogen and oxygen atoms in total. The van der Waals surface area contributed by atoms with Gasteiger partial charge >= 0.3 is 0 Å². The van der Waals surface area contributed by atoms with Crippen molar-refractivity contribution in [3.8, 4) is 0 Å². The number of hydrogen-bond acceptors (Lipinski definition) is 6. The first-order chi connectivity index (χ1) is 9.15. The number of nitrogen functional groups attached to an aromatic ring is 1. The summed E-state index contributed by atoms with van der Waals surface area (Å²) in [5, 5.41) is 3.23. The Morgan fingerprint density at radius 3 is 2.84 bits per heavy atom. The topological polar surface area (TPSA) is 76.3 Å². The lowest BCUT2D eigenvalue weighted by molar-refractivity contribution is 0.126. The van der Waals surface area contributed by atoms with E-state index in [0.29, 0.717) is 18.3 Å². The van der Waals surface area contributed by atoms with E-state index >= 15 is 0 Å². The van der Waals surface area contributed by atoms with Crippen LogP contribution in [0.3, 0.4) is 0 Å². The fourth-order valence-electron chi connectivity index (χ4n) is 1.70. The van der Waals surface area contributed by atoms with E-state index in [4.69, 9.17) is 10.5 Å². The van der Waals surface area contributed by atoms with Crippen molar-refractivity contribution < 1.29 is 4.74 Å². The minimum atomic E-state index is 0.514. The van der Waals surface area contributed by atoms with Crippen molar-refractivity contribution in [2.75, 3.05) is 51.4 Å². The Bertz CT molecular complexity index is 406. The number of nitrogens with one attached hydrogen (secondary N) is 1. The first-order valence-electron chi connectivity index (χ1n) is 6.76. The molecule has 0 saturated heterocycles. The van der Waals surface area contributed by atoms with E-state index in [-0.39, 0.29) is 0 Å². The van der Waals surface area contributed by atoms with E-state index in [1.165, 1.54) is 12.8 Å². The van der Waals surface area contributed by atoms with Crippen LogP contribution < -0.4 is 11.1 Å². The number of aromatic nitrogens is 2. The van der Waals surface area contributed by atoms with Crippen LogP contribution in [0.2, 0.25) is 0 Å². The second kappa shape index (κ2) is 6.68. The van der Waals surface area contributed by atoms with Crippen LogP contribution in [0.25, 0.3) is 0 Å². The zero-order valence-electron chi connectivity index (χ0n) is 11.7. The Morgan fingerprint density at radius 2 is 2.16 bits per heavy atom. The highest BCUT2D eigenvalue weighted by Crippen LogP contribution is 2.38. The first-order valence-corrected chi connectivity index (χ1v) is 6.76. The van der Waals surface area contributed by atoms with Gasteiger partial charge in [-0.3, -0.25) is 0 Å². The molecule has 0 aromatic carbocycles. The Labute approximate surface area is 114 Å². The fraction of sp³-hybridized carbons (Fsp3) is 0.692. The van der Waals surface area contributed by atoms with E-state index in [1.54, 1.807) is 6.07 Å². The monoisotopic (exact) mass is 265 g/mol. The summed E-state index contributed by atoms with van der Waals surface area (Å²) >= 11 is 0. The van der Waals surface area contributed by atoms with Crippen LogP contribution in [0.5, 0.6) is 0 Å². The van der Waals surface area contributed by atoms with Crippen LogP contribution >= 0.6 is 0 Å². The van der Waals surface area contributed by atoms with Crippen LogP contribution in [0.15, 0.2) is 6.07 Å². The summed E-state index contributed by atoms with van der Waals surface area (Å²) in [5.41, 5.74) is 5.78. The predicted molar refractivity (Wildman–Crippen MR) is 76.3 cm³/mol. The molecular formula is C13H23N5O. The Hall–Kier alpha value is -1.40. The average Bonchev–Trinajstić information content (AvgIpc) is 3.16. The van der Waals surface area contributed by atoms with Crippen molar-refractivity contribution in [1.82, 2.24) is 14.9 Å². The fourth-order valence-corrected chi connectivity index (χ4v) is 1.70. The third-order valence-electron chi connectivity index (χ3n) is 2.94. The Morgan fingerprint density at radius 1 is 1.37 bits per heavy atom. The molecule has 1 heterocycles. The van der Waals surface area contributed by atoms with Crippen LogP contribution in [0.4, 0.5) is 11.6 Å². The van der Waals surface area contributed by atoms with E-state index in [2.05, 4.69) is 20.2 Å². The van der Waals surface area contributed by atoms with Crippen LogP contribution in [-0.2, 0) is 4.74 Å². The molecule has 0 unspecified atom stereocenters. The number of ether oxygens (including phenoxy) is 1. The molecule has 0 aliphatic heterocycles. The molecule has 2 rings (SSSR count). The normalized spacial score (nSPS) is 14.9. The Kier molecular flexibility index (Phi) is 4.93. The van der Waals surface area contributed by atoms with Crippen LogP contribution in [-0.4, -0.2) is 55.3 Å². The number of anilines is 2. The molecule has 0 bridgehead atoms. The van der Waals surface area contributed by atoms with Gasteiger partial charge in [-0.2, -0.15) is 0 Å². The molecule has 0 radical (unpaired) electrons. The summed E-state index contributed by atoms with van der Waals surface area (Å²) in [6.07, 6.45) is 2.35. The molecule has 0 amide bonds. The highest BCUT2D eigenvalue weighted by Gasteiger charge is 2.27. The van der Waals surface area contributed by atoms with Gasteiger partial charge in [-0.1, -0.05) is 0 Å². The van der Waals surface area contributed by atoms with Crippen molar-refractivity contribution in [3.05, 3.63) is 11.9 Å². The summed E-state index contributed by atoms with van der Waals surface area (Å²) in [4.78, 5) is 10.8. The van der Waals surface area contributed by atoms with Gasteiger partial charge in [-0.25, -0.2) is 9.97 Å². The van der Waals surface area contributed by atoms with E-state index in [0.717, 1.165) is 31.3 Å². The maximum Gasteiger partial charge on any atom is 0.136 e. The second-order valence-corrected chi connectivity index (χ2v) is 5.15. The molecule has 1 aliphatic carbocycles. The van der Waals surface area contributed by atoms with Crippen molar-refractivity contribution in [2.45, 2.75) is 18.8 Å². The first kappa shape index (κ1) is 14.0. The molecule has 19 heavy (non-hydrogen) atoms. The molecule has 106 valence electrons. The maximum absolute atomic E-state index is 5.78. The summed E-state index contributed by atoms with van der Waals surface area (Å²) < 4.78 is 5.51. The highest BCUT2D eigenvalue weighted by atomic mass is 16.5. The third-order valence-corrected chi connectivity index (χ3v) is 2.94. The van der Waals surface area contributed by atoms with Gasteiger partial charge in [0.25, 0.3) is 0 Å². The largest absolute Gasteiger partial charge is 0.384 e. The highest BCUT2D eigenvalue weighted by molar-refractivity contribution is 5.45. The van der Waals surface area contributed by atoms with Gasteiger partial charge in [0.05, 0.1) is 13.2 Å². The average molecular weight is 265 g/mol. The molecule has 1 fully saturated rings. The number of nitrogens with two attached hydrogens (primary N) is 1. The standard InChI is InChI=1S/C13H23N5O/c1-18(2)6-8-19-7-5-15-12-9-11(14)16-13(17-12)10-3-4-10/h9-10H,3-8H2,1-2H3,(H3,14,15,16,17). The van der Waals surface area contributed by atoms with Crippen LogP contribution in [0, 0.1) is 0 Å². The molecular weight excluding hydrogens is 242 g/mol. The van der Waals surface area contributed by atoms with E-state index in [1.807, 2.05) is 14.1 Å². The third kappa shape index (κ3) is 5.00. The quantitative estimate of drug-likeness (QED) is 0.681. The summed E-state index contributed by atoms with van der Waals surface area (Å²) in [6, 6.07) is 1.77. The van der Waals surface area contributed by atoms with Gasteiger partial charge < -0.3 is 20.7 Å². The lowest BCUT2D eigenvalue weighted by atomic mass is 10.4. The van der Waals surface area contributed by atoms with Crippen LogP contribution in [0.1, 0.15) is 24.6 Å². The number of nitrogens with zero attached hydrogens (tertiary/aromatic N) is 3. The summed E-state index contributed by atoms with van der Waals surface area (Å²) in [6.45, 7) is 3.07. The van der Waals surface area contributed by atoms with Gasteiger partial charge in [0, 0.05) is 25.1 Å². The SMILES string of the molecule is CN(C)CCOCCNc1cc(N)nc(C2CC2)n1. The summed E-state index contributed by atoms with van der Waals surface area (Å²) in [7, 11) is 4.06. The molecule has 0 spiro atoms. The minimum Gasteiger partial charge on any atom is -0.384 e. The molecule has 3 N–H and O–H groups in total. The van der Waals surface area contributed by atoms with Crippen molar-refractivity contribution in [1.29, 1.82) is 0 Å². The number of hydrogen-bond donors (Lipinski definition) is 2. The van der Waals surface area contributed by atoms with Gasteiger partial charge in [-0.15, -0.1) is 0 Å². The molecule has 0 atom stereocenters. The maximum atomic E-state index is 5.78. The van der Waals surface area contributed by atoms with Gasteiger partial charge in [0.15, 0.2) is 0 Å². The second-order valence-electron chi connectivity index (χ2n) is 5.15. The number of likely N-dealkylation sites (N-methyl/N-ethyl adjacent to an activating group) is 1. The Balaban J connectivity index is 1.70. The predicted octanol–water partition coefficient (Wildman–Crippen LogP) is 0.926. The molecule has 1 aromatic heterocycles. The van der Waals surface area contributed by atoms with Gasteiger partial charge in [-0.05, 0) is 26.9 Å². The van der Waals surface area contributed by atoms with E-state index in [9.17, 15) is 0 Å². The molecule has 1 aromatic rings. The molecule has 1 saturated carbocycles. The summed E-state index contributed by atoms with van der Waals surface area (Å²) in [5.74, 6) is 2.72. The van der Waals surface area contributed by atoms with Crippen molar-refractivity contribution in [2.24, 2.45) is 0 Å². The lowest BCUT2D eigenvalue weighted by Crippen LogP contribution is -2.20. The molecule has 6 heteroatoms. The lowest BCUT2D eigenvalue weighted by Gasteiger charge is -2.11. The van der Waals surface area contributed by atoms with Crippen molar-refractivity contribution in [3.63, 3.8) is 0 Å². The smallest absolute Gasteiger partial charge is 0.136 e. The van der Waals surface area contributed by atoms with Crippen molar-refractivity contribution >= 4 is 11.6 Å². The number of rotatable bonds is 8. The zero-order valence-corrected chi connectivity index (χ0v) is 11.7. The minimum absolute atomic E-state index is 0.514. The van der Waals surface area contributed by atoms with Gasteiger partial charge in [0.1, 0.15) is 17.5 Å². The van der Waals surface area contributed by atoms with E-state index < -0.39 is 0 Å². The van der Waals surface area contributed by atoms with Gasteiger partial charge in [0.2, 0.25) is 0 Å².